The predicted molar refractivity (Wildman–Crippen MR) is 93.2 cm³/mol. The topological polar surface area (TPSA) is 68.4 Å². The average molecular weight is 313 g/mol. The number of rotatable bonds is 7. The van der Waals surface area contributed by atoms with E-state index in [1.807, 2.05) is 24.3 Å². The van der Waals surface area contributed by atoms with Gasteiger partial charge in [0, 0.05) is 24.8 Å². The van der Waals surface area contributed by atoms with Crippen molar-refractivity contribution in [1.82, 2.24) is 0 Å². The number of aromatic hydroxyl groups is 2. The van der Waals surface area contributed by atoms with E-state index < -0.39 is 0 Å². The molecule has 0 aliphatic rings. The first kappa shape index (κ1) is 16.8. The van der Waals surface area contributed by atoms with Crippen LogP contribution >= 0.6 is 0 Å². The van der Waals surface area contributed by atoms with Crippen LogP contribution in [0.3, 0.4) is 0 Å². The van der Waals surface area contributed by atoms with Crippen molar-refractivity contribution in [1.29, 1.82) is 0 Å². The number of phenols is 2. The second-order valence-electron chi connectivity index (χ2n) is 5.38. The monoisotopic (exact) mass is 313 g/mol. The Kier molecular flexibility index (Phi) is 5.97. The Morgan fingerprint density at radius 1 is 0.870 bits per heavy atom. The van der Waals surface area contributed by atoms with Crippen LogP contribution in [0.25, 0.3) is 0 Å². The molecule has 0 heterocycles. The highest BCUT2D eigenvalue weighted by molar-refractivity contribution is 5.55. The number of benzene rings is 2. The Hall–Kier alpha value is -2.56. The van der Waals surface area contributed by atoms with Gasteiger partial charge in [-0.3, -0.25) is 0 Å². The number of azo groups is 1. The summed E-state index contributed by atoms with van der Waals surface area (Å²) in [4.78, 5) is 2.35. The van der Waals surface area contributed by atoms with Crippen molar-refractivity contribution < 1.29 is 10.2 Å². The molecule has 0 aromatic heterocycles. The largest absolute Gasteiger partial charge is 0.508 e. The molecular formula is C18H23N3O2. The molecule has 0 fully saturated rings. The normalized spacial score (nSPS) is 11.0. The molecule has 0 aliphatic carbocycles. The molecule has 5 nitrogen and oxygen atoms in total. The lowest BCUT2D eigenvalue weighted by Gasteiger charge is -2.23. The number of anilines is 1. The standard InChI is InChI=1S/C18H23N3O2/c1-3-11-21(12-4-2)15-7-5-14(6-8-15)19-20-17-10-9-16(22)13-18(17)23/h5-10,13,22-23H,3-4,11-12H2,1-2H3. The summed E-state index contributed by atoms with van der Waals surface area (Å²) in [6, 6.07) is 12.1. The summed E-state index contributed by atoms with van der Waals surface area (Å²) in [6.45, 7) is 6.43. The Labute approximate surface area is 136 Å². The van der Waals surface area contributed by atoms with Gasteiger partial charge in [0.25, 0.3) is 0 Å². The lowest BCUT2D eigenvalue weighted by atomic mass is 10.2. The molecule has 2 N–H and O–H groups in total. The molecule has 0 unspecified atom stereocenters. The lowest BCUT2D eigenvalue weighted by molar-refractivity contribution is 0.451. The summed E-state index contributed by atoms with van der Waals surface area (Å²) in [6.07, 6.45) is 2.23. The maximum atomic E-state index is 9.68. The minimum Gasteiger partial charge on any atom is -0.508 e. The van der Waals surface area contributed by atoms with Crippen LogP contribution in [0.2, 0.25) is 0 Å². The SMILES string of the molecule is CCCN(CCC)c1ccc(N=Nc2ccc(O)cc2O)cc1. The van der Waals surface area contributed by atoms with Gasteiger partial charge in [0.1, 0.15) is 17.2 Å². The van der Waals surface area contributed by atoms with Crippen LogP contribution in [-0.2, 0) is 0 Å². The predicted octanol–water partition coefficient (Wildman–Crippen LogP) is 5.14. The van der Waals surface area contributed by atoms with Gasteiger partial charge in [-0.25, -0.2) is 0 Å². The minimum atomic E-state index is -0.0950. The molecule has 122 valence electrons. The van der Waals surface area contributed by atoms with Gasteiger partial charge in [-0.1, -0.05) is 13.8 Å². The van der Waals surface area contributed by atoms with Gasteiger partial charge in [0.05, 0.1) is 5.69 Å². The van der Waals surface area contributed by atoms with Crippen LogP contribution in [0.1, 0.15) is 26.7 Å². The van der Waals surface area contributed by atoms with Gasteiger partial charge in [-0.05, 0) is 49.2 Å². The second kappa shape index (κ2) is 8.17. The fourth-order valence-corrected chi connectivity index (χ4v) is 2.35. The van der Waals surface area contributed by atoms with Crippen LogP contribution in [0, 0.1) is 0 Å². The number of phenolic OH excluding ortho intramolecular Hbond substituents is 2. The van der Waals surface area contributed by atoms with Crippen molar-refractivity contribution >= 4 is 17.1 Å². The van der Waals surface area contributed by atoms with Gasteiger partial charge in [-0.15, -0.1) is 5.11 Å². The maximum Gasteiger partial charge on any atom is 0.146 e. The summed E-state index contributed by atoms with van der Waals surface area (Å²) in [5.41, 5.74) is 2.22. The van der Waals surface area contributed by atoms with Crippen molar-refractivity contribution in [2.45, 2.75) is 26.7 Å². The van der Waals surface area contributed by atoms with E-state index in [0.717, 1.165) is 25.9 Å². The second-order valence-corrected chi connectivity index (χ2v) is 5.38. The number of hydrogen-bond acceptors (Lipinski definition) is 5. The van der Waals surface area contributed by atoms with Gasteiger partial charge >= 0.3 is 0 Å². The van der Waals surface area contributed by atoms with E-state index in [4.69, 9.17) is 0 Å². The van der Waals surface area contributed by atoms with Crippen LogP contribution < -0.4 is 4.90 Å². The average Bonchev–Trinajstić information content (AvgIpc) is 2.54. The molecule has 0 spiro atoms. The molecule has 0 radical (unpaired) electrons. The summed E-state index contributed by atoms with van der Waals surface area (Å²) >= 11 is 0. The van der Waals surface area contributed by atoms with Crippen molar-refractivity contribution in [3.8, 4) is 11.5 Å². The number of nitrogens with zero attached hydrogens (tertiary/aromatic N) is 3. The molecule has 5 heteroatoms. The maximum absolute atomic E-state index is 9.68. The van der Waals surface area contributed by atoms with Gasteiger partial charge in [0.15, 0.2) is 0 Å². The summed E-state index contributed by atoms with van der Waals surface area (Å²) in [5, 5.41) is 27.1. The molecule has 0 saturated carbocycles. The Balaban J connectivity index is 2.11. The molecular weight excluding hydrogens is 290 g/mol. The highest BCUT2D eigenvalue weighted by atomic mass is 16.3. The highest BCUT2D eigenvalue weighted by Gasteiger charge is 2.04. The molecule has 2 aromatic carbocycles. The molecule has 2 rings (SSSR count). The van der Waals surface area contributed by atoms with E-state index in [1.165, 1.54) is 23.9 Å². The summed E-state index contributed by atoms with van der Waals surface area (Å²) in [7, 11) is 0. The van der Waals surface area contributed by atoms with E-state index in [9.17, 15) is 10.2 Å². The third-order valence-electron chi connectivity index (χ3n) is 3.43. The van der Waals surface area contributed by atoms with Crippen molar-refractivity contribution in [3.63, 3.8) is 0 Å². The van der Waals surface area contributed by atoms with Gasteiger partial charge in [0.2, 0.25) is 0 Å². The Morgan fingerprint density at radius 2 is 1.52 bits per heavy atom. The van der Waals surface area contributed by atoms with Crippen LogP contribution in [-0.4, -0.2) is 23.3 Å². The number of hydrogen-bond donors (Lipinski definition) is 2. The lowest BCUT2D eigenvalue weighted by Crippen LogP contribution is -2.24. The molecule has 0 atom stereocenters. The van der Waals surface area contributed by atoms with E-state index >= 15 is 0 Å². The zero-order valence-electron chi connectivity index (χ0n) is 13.6. The molecule has 23 heavy (non-hydrogen) atoms. The van der Waals surface area contributed by atoms with Gasteiger partial charge in [-0.2, -0.15) is 5.11 Å². The fourth-order valence-electron chi connectivity index (χ4n) is 2.35. The first-order valence-corrected chi connectivity index (χ1v) is 7.92. The Morgan fingerprint density at radius 3 is 2.09 bits per heavy atom. The molecule has 0 aliphatic heterocycles. The molecule has 0 amide bonds. The van der Waals surface area contributed by atoms with Crippen molar-refractivity contribution in [2.75, 3.05) is 18.0 Å². The summed E-state index contributed by atoms with van der Waals surface area (Å²) in [5.74, 6) is -0.0971. The molecule has 0 bridgehead atoms. The molecule has 0 saturated heterocycles. The third-order valence-corrected chi connectivity index (χ3v) is 3.43. The highest BCUT2D eigenvalue weighted by Crippen LogP contribution is 2.31. The van der Waals surface area contributed by atoms with E-state index in [0.29, 0.717) is 11.4 Å². The quantitative estimate of drug-likeness (QED) is 0.695. The van der Waals surface area contributed by atoms with E-state index in [2.05, 4.69) is 29.0 Å². The van der Waals surface area contributed by atoms with Crippen LogP contribution in [0.4, 0.5) is 17.1 Å². The van der Waals surface area contributed by atoms with E-state index in [-0.39, 0.29) is 11.5 Å². The molecule has 2 aromatic rings. The smallest absolute Gasteiger partial charge is 0.146 e. The summed E-state index contributed by atoms with van der Waals surface area (Å²) < 4.78 is 0. The zero-order chi connectivity index (χ0) is 16.7. The van der Waals surface area contributed by atoms with Crippen molar-refractivity contribution in [3.05, 3.63) is 42.5 Å². The van der Waals surface area contributed by atoms with Crippen LogP contribution in [0.15, 0.2) is 52.7 Å². The van der Waals surface area contributed by atoms with Gasteiger partial charge < -0.3 is 15.1 Å². The first-order chi connectivity index (χ1) is 11.1. The minimum absolute atomic E-state index is 0.00209. The van der Waals surface area contributed by atoms with E-state index in [1.54, 1.807) is 0 Å². The fraction of sp³-hybridized carbons (Fsp3) is 0.333. The first-order valence-electron chi connectivity index (χ1n) is 7.92. The third kappa shape index (κ3) is 4.71. The Bertz CT molecular complexity index is 648. The van der Waals surface area contributed by atoms with Crippen LogP contribution in [0.5, 0.6) is 11.5 Å². The zero-order valence-corrected chi connectivity index (χ0v) is 13.6. The van der Waals surface area contributed by atoms with Crippen molar-refractivity contribution in [2.24, 2.45) is 10.2 Å².